The number of aliphatic hydroxyl groups is 8. The Morgan fingerprint density at radius 3 is 1.09 bits per heavy atom. The minimum Gasteiger partial charge on any atom is -0.385 e. The van der Waals surface area contributed by atoms with E-state index >= 15 is 0 Å². The maximum absolute atomic E-state index is 14.9. The highest BCUT2D eigenvalue weighted by molar-refractivity contribution is 7.71. The molecule has 0 bridgehead atoms. The van der Waals surface area contributed by atoms with Crippen LogP contribution in [0.25, 0.3) is 0 Å². The zero-order chi connectivity index (χ0) is 72.3. The number of ether oxygens (including phenoxy) is 4. The average Bonchev–Trinajstić information content (AvgIpc) is 1.57. The molecule has 0 saturated carbocycles. The monoisotopic (exact) mass is 1420 g/mol. The molecular weight excluding hydrogens is 1370 g/mol. The molecule has 88 heavy (non-hydrogen) atoms. The van der Waals surface area contributed by atoms with E-state index in [4.69, 9.17) is 84.0 Å². The number of aliphatic hydroxyl groups excluding tert-OH is 8. The van der Waals surface area contributed by atoms with Gasteiger partial charge in [-0.2, -0.15) is 0 Å². The van der Waals surface area contributed by atoms with E-state index in [-0.39, 0.29) is 4.77 Å². The lowest BCUT2D eigenvalue weighted by Gasteiger charge is -2.22. The Hall–Kier alpha value is -4.34. The van der Waals surface area contributed by atoms with E-state index < -0.39 is 192 Å². The fourth-order valence-electron chi connectivity index (χ4n) is 6.97. The summed E-state index contributed by atoms with van der Waals surface area (Å²) in [7, 11) is -21.2. The topological polar surface area (TPSA) is 634 Å². The normalized spacial score (nSPS) is 35.3. The highest BCUT2D eigenvalue weighted by Crippen LogP contribution is 2.47. The molecule has 8 rings (SSSR count). The Labute approximate surface area is 504 Å². The van der Waals surface area contributed by atoms with Gasteiger partial charge in [-0.3, -0.25) is 75.5 Å². The second-order valence-electron chi connectivity index (χ2n) is 17.3. The number of nitrogens with one attached hydrogen (secondary N) is 4. The first-order chi connectivity index (χ1) is 42.3. The number of nitrogens with zero attached hydrogens (tertiary/aromatic N) is 4. The number of hydrogen-bond donors (Lipinski definition) is 20. The van der Waals surface area contributed by atoms with Gasteiger partial charge in [0.15, 0.2) is 39.2 Å². The van der Waals surface area contributed by atoms with Crippen molar-refractivity contribution in [3.63, 3.8) is 0 Å². The molecule has 4 aliphatic rings. The summed E-state index contributed by atoms with van der Waals surface area (Å²) >= 11 is 14.3. The third-order valence-electron chi connectivity index (χ3n) is 11.0. The minimum atomic E-state index is -5.58. The Bertz CT molecular complexity index is 4170. The highest BCUT2D eigenvalue weighted by Gasteiger charge is 2.60. The molecule has 16 atom stereocenters. The zero-order valence-corrected chi connectivity index (χ0v) is 48.2. The van der Waals surface area contributed by atoms with Gasteiger partial charge in [0.1, 0.15) is 75.2 Å². The fraction of sp³-hybridized carbons (Fsp3) is 0.556. The van der Waals surface area contributed by atoms with Gasteiger partial charge in [0.05, 0.1) is 8.22 Å². The van der Waals surface area contributed by atoms with E-state index in [1.165, 1.54) is 0 Å². The molecule has 4 saturated heterocycles. The maximum atomic E-state index is 14.9. The predicted molar refractivity (Wildman–Crippen MR) is 275 cm³/mol. The molecule has 20 N–H and O–H groups in total. The van der Waals surface area contributed by atoms with Crippen molar-refractivity contribution >= 4 is 67.9 Å². The first-order valence-corrected chi connectivity index (χ1v) is 29.9. The smallest absolute Gasteiger partial charge is 0.385 e. The number of H-pyrrole nitrogens is 4. The van der Waals surface area contributed by atoms with Crippen LogP contribution in [0.1, 0.15) is 33.1 Å². The molecule has 0 spiro atoms. The van der Waals surface area contributed by atoms with E-state index in [0.717, 1.165) is 53.6 Å². The summed E-state index contributed by atoms with van der Waals surface area (Å²) in [6, 6.07) is 3.58. The Balaban J connectivity index is 0.000000227. The van der Waals surface area contributed by atoms with E-state index in [9.17, 15) is 101 Å². The molecule has 0 radical (unpaired) electrons. The van der Waals surface area contributed by atoms with Crippen molar-refractivity contribution in [2.45, 2.75) is 97.1 Å². The Kier molecular flexibility index (Phi) is 20.9. The van der Waals surface area contributed by atoms with Crippen molar-refractivity contribution in [1.82, 2.24) is 38.2 Å². The summed E-state index contributed by atoms with van der Waals surface area (Å²) in [6.07, 6.45) is -24.3. The number of alkyl halides is 4. The summed E-state index contributed by atoms with van der Waals surface area (Å²) in [5.74, 6) is -14.4. The molecule has 4 aromatic rings. The number of aromatic amines is 4. The molecule has 0 aromatic carbocycles. The van der Waals surface area contributed by atoms with Crippen LogP contribution < -0.4 is 27.9 Å². The van der Waals surface area contributed by atoms with Gasteiger partial charge in [-0.1, -0.05) is 0 Å². The Morgan fingerprint density at radius 2 is 0.727 bits per heavy atom. The van der Waals surface area contributed by atoms with Gasteiger partial charge >= 0.3 is 37.0 Å². The molecule has 4 aromatic heterocycles. The number of rotatable bonds is 16. The zero-order valence-electron chi connectivity index (χ0n) is 48.2. The third kappa shape index (κ3) is 18.9. The van der Waals surface area contributed by atoms with Crippen LogP contribution >= 0.6 is 67.9 Å². The van der Waals surface area contributed by atoms with E-state index in [0.29, 0.717) is 13.7 Å². The summed E-state index contributed by atoms with van der Waals surface area (Å²) in [4.78, 5) is 133. The molecule has 8 heterocycles. The van der Waals surface area contributed by atoms with Crippen LogP contribution in [-0.4, -0.2) is 217 Å². The molecule has 4 aliphatic heterocycles. The molecule has 0 unspecified atom stereocenters. The van der Waals surface area contributed by atoms with Gasteiger partial charge in [0, 0.05) is 49.1 Å². The fourth-order valence-corrected chi connectivity index (χ4v) is 8.91. The quantitative estimate of drug-likeness (QED) is 0.0282. The molecule has 52 heteroatoms. The lowest BCUT2D eigenvalue weighted by atomic mass is 10.1. The Morgan fingerprint density at radius 1 is 0.455 bits per heavy atom. The largest absolute Gasteiger partial charge is 0.469 e. The third-order valence-corrected chi connectivity index (χ3v) is 13.5. The highest BCUT2D eigenvalue weighted by atomic mass is 32.1. The lowest BCUT2D eigenvalue weighted by molar-refractivity contribution is -0.205. The first-order valence-electron chi connectivity index (χ1n) is 25.5. The van der Waals surface area contributed by atoms with Gasteiger partial charge in [0.25, 0.3) is 45.7 Å². The van der Waals surface area contributed by atoms with Crippen molar-refractivity contribution in [1.29, 1.82) is 0 Å². The second-order valence-corrected chi connectivity index (χ2v) is 23.3. The first kappa shape index (κ1) is 65.2. The maximum Gasteiger partial charge on any atom is 0.469 e. The van der Waals surface area contributed by atoms with Crippen molar-refractivity contribution in [3.8, 4) is 0 Å². The van der Waals surface area contributed by atoms with Crippen LogP contribution in [0.2, 0.25) is 0 Å². The summed E-state index contributed by atoms with van der Waals surface area (Å²) in [5, 5.41) is 78.5. The van der Waals surface area contributed by atoms with E-state index in [2.05, 4.69) is 47.0 Å². The van der Waals surface area contributed by atoms with Crippen LogP contribution in [0.15, 0.2) is 73.0 Å². The van der Waals surface area contributed by atoms with Gasteiger partial charge in [-0.05, 0) is 36.7 Å². The number of aromatic nitrogens is 8. The van der Waals surface area contributed by atoms with E-state index in [1.807, 2.05) is 9.97 Å². The van der Waals surface area contributed by atoms with Crippen LogP contribution in [0.3, 0.4) is 0 Å². The van der Waals surface area contributed by atoms with Crippen LogP contribution in [0, 0.1) is 14.3 Å². The molecule has 41 nitrogen and oxygen atoms in total. The van der Waals surface area contributed by atoms with E-state index in [1.54, 1.807) is 0 Å². The van der Waals surface area contributed by atoms with Crippen LogP contribution in [-0.2, 0) is 55.3 Å². The minimum absolute atomic E-state index is 0.334. The average molecular weight is 1420 g/mol. The summed E-state index contributed by atoms with van der Waals surface area (Å²) in [6.45, 7) is -10.6. The summed E-state index contributed by atoms with van der Waals surface area (Å²) < 4.78 is 182. The van der Waals surface area contributed by atoms with Gasteiger partial charge in [0.2, 0.25) is 0 Å². The van der Waals surface area contributed by atoms with Crippen LogP contribution in [0.4, 0.5) is 17.6 Å². The standard InChI is InChI=1S/C9H12FN2O9P.3C9H12FN2O8PS/c10-9(3-20-22(17,18)19)6(15)5(14)7(21-9)12-2-1-4(13)11-8(12)16;3*10-9(3-19-21(16,17)18)6(15)5(14)7(20-9)12-2-1-4(13)11-8(12)22/h1-2,5-7,14-15H,3H2,(H,11,13,16)(H2,17,18,19);3*1-2,5-7,14-15H,3H2,(H,11,13,22)(H2,16,17,18)/t4*5-,6+,7-,9-/m1111/s1/i;3D2,7D;7D;3D2. The molecule has 496 valence electrons. The number of phosphoric ester groups is 4. The van der Waals surface area contributed by atoms with Crippen molar-refractivity contribution in [2.24, 2.45) is 0 Å². The number of halogens is 4. The second kappa shape index (κ2) is 28.3. The van der Waals surface area contributed by atoms with Gasteiger partial charge < -0.3 is 98.9 Å². The molecule has 4 fully saturated rings. The van der Waals surface area contributed by atoms with Crippen molar-refractivity contribution < 1.29 is 161 Å². The van der Waals surface area contributed by atoms with Crippen LogP contribution in [0.5, 0.6) is 0 Å². The SMILES string of the molecule is O=c1ccn([C@@H]2O[C@](F)(COP(=O)(O)O)[C@@H](O)[C@H]2O)c(=O)[nH]1.[2H]C([2H])(OP(=O)(O)O)[C@@]1(F)O[C@@H](n2ccc(=O)[nH]c2=S)[C@H](O)[C@@H]1O.[2H]C([2H])(OP(=O)(O)O)[C@@]1(F)O[C@@]([2H])(n2ccc(=O)[nH]c2=S)[C@H](O)[C@@H]1O.[2H][C@@]1(n2ccc(=O)[nH]c2=S)O[C@](F)(COP(=O)(O)O)[C@@H](O)[C@H]1O. The number of phosphoric acid groups is 4. The van der Waals surface area contributed by atoms with Crippen molar-refractivity contribution in [3.05, 3.63) is 115 Å². The lowest BCUT2D eigenvalue weighted by Crippen LogP contribution is -2.43. The predicted octanol–water partition coefficient (Wildman–Crippen LogP) is -5.64. The van der Waals surface area contributed by atoms with Gasteiger partial charge in [-0.25, -0.2) is 40.6 Å². The van der Waals surface area contributed by atoms with Crippen molar-refractivity contribution in [2.75, 3.05) is 26.3 Å². The van der Waals surface area contributed by atoms with Gasteiger partial charge in [-0.15, -0.1) is 0 Å². The molecule has 0 amide bonds. The number of hydrogen-bond acceptors (Lipinski definition) is 28. The summed E-state index contributed by atoms with van der Waals surface area (Å²) in [5.41, 5.74) is -3.73. The molecular formula is C36H48F4N8O33P4S3. The molecule has 0 aliphatic carbocycles.